The summed E-state index contributed by atoms with van der Waals surface area (Å²) in [5.74, 6) is 0.419. The average molecular weight is 327 g/mol. The van der Waals surface area contributed by atoms with E-state index in [9.17, 15) is 9.59 Å². The molecule has 3 rings (SSSR count). The van der Waals surface area contributed by atoms with Crippen molar-refractivity contribution in [1.82, 2.24) is 14.9 Å². The zero-order chi connectivity index (χ0) is 17.1. The molecule has 3 aromatic rings. The molecular weight excluding hydrogens is 306 g/mol. The summed E-state index contributed by atoms with van der Waals surface area (Å²) in [4.78, 5) is 28.8. The van der Waals surface area contributed by atoms with Crippen LogP contribution in [0.3, 0.4) is 0 Å². The second kappa shape index (κ2) is 6.86. The topological polar surface area (TPSA) is 77.1 Å². The summed E-state index contributed by atoms with van der Waals surface area (Å²) >= 11 is 0. The molecule has 0 saturated carbocycles. The van der Waals surface area contributed by atoms with Crippen LogP contribution in [0, 0.1) is 5.92 Å². The van der Waals surface area contributed by atoms with Gasteiger partial charge in [0.2, 0.25) is 11.5 Å². The number of hydrogen-bond acceptors (Lipinski definition) is 4. The second-order valence-electron chi connectivity index (χ2n) is 6.34. The lowest BCUT2D eigenvalue weighted by atomic mass is 10.1. The van der Waals surface area contributed by atoms with Gasteiger partial charge in [-0.15, -0.1) is 0 Å². The Labute approximate surface area is 139 Å². The standard InChI is InChI=1S/C18H21N3O3/c1-12(2)6-5-9-19-15(22)10-21-11-20-16-13-7-3-4-8-14(13)24-17(16)18(21)23/h3-4,7-8,11-12H,5-6,9-10H2,1-2H3,(H,19,22). The number of aromatic nitrogens is 2. The number of benzene rings is 1. The van der Waals surface area contributed by atoms with Crippen molar-refractivity contribution in [1.29, 1.82) is 0 Å². The van der Waals surface area contributed by atoms with Crippen molar-refractivity contribution in [3.63, 3.8) is 0 Å². The van der Waals surface area contributed by atoms with Crippen molar-refractivity contribution in [3.8, 4) is 0 Å². The summed E-state index contributed by atoms with van der Waals surface area (Å²) in [5.41, 5.74) is 0.997. The Morgan fingerprint density at radius 3 is 2.92 bits per heavy atom. The van der Waals surface area contributed by atoms with E-state index < -0.39 is 0 Å². The molecule has 0 atom stereocenters. The van der Waals surface area contributed by atoms with Crippen molar-refractivity contribution in [2.24, 2.45) is 5.92 Å². The van der Waals surface area contributed by atoms with E-state index in [0.717, 1.165) is 18.2 Å². The summed E-state index contributed by atoms with van der Waals surface area (Å²) in [7, 11) is 0. The van der Waals surface area contributed by atoms with Crippen molar-refractivity contribution in [2.75, 3.05) is 6.54 Å². The minimum atomic E-state index is -0.339. The number of hydrogen-bond donors (Lipinski definition) is 1. The molecule has 2 heterocycles. The highest BCUT2D eigenvalue weighted by Gasteiger charge is 2.14. The molecule has 0 unspecified atom stereocenters. The van der Waals surface area contributed by atoms with Gasteiger partial charge in [0, 0.05) is 11.9 Å². The third-order valence-corrected chi connectivity index (χ3v) is 3.94. The fourth-order valence-corrected chi connectivity index (χ4v) is 2.68. The first-order chi connectivity index (χ1) is 11.6. The Morgan fingerprint density at radius 2 is 2.12 bits per heavy atom. The molecule has 0 fully saturated rings. The van der Waals surface area contributed by atoms with Gasteiger partial charge in [-0.05, 0) is 30.9 Å². The molecule has 24 heavy (non-hydrogen) atoms. The highest BCUT2D eigenvalue weighted by Crippen LogP contribution is 2.23. The Morgan fingerprint density at radius 1 is 1.33 bits per heavy atom. The Bertz CT molecular complexity index is 924. The zero-order valence-electron chi connectivity index (χ0n) is 13.9. The highest BCUT2D eigenvalue weighted by molar-refractivity contribution is 6.01. The monoisotopic (exact) mass is 327 g/mol. The maximum atomic E-state index is 12.5. The third-order valence-electron chi connectivity index (χ3n) is 3.94. The first-order valence-corrected chi connectivity index (χ1v) is 8.19. The lowest BCUT2D eigenvalue weighted by Crippen LogP contribution is -2.32. The molecular formula is C18H21N3O3. The molecule has 126 valence electrons. The van der Waals surface area contributed by atoms with Crippen LogP contribution in [0.15, 0.2) is 39.8 Å². The van der Waals surface area contributed by atoms with Gasteiger partial charge in [0.05, 0.1) is 6.33 Å². The minimum Gasteiger partial charge on any atom is -0.448 e. The number of nitrogens with zero attached hydrogens (tertiary/aromatic N) is 2. The van der Waals surface area contributed by atoms with Crippen molar-refractivity contribution >= 4 is 28.0 Å². The predicted molar refractivity (Wildman–Crippen MR) is 92.9 cm³/mol. The van der Waals surface area contributed by atoms with Gasteiger partial charge in [-0.25, -0.2) is 4.98 Å². The molecule has 1 N–H and O–H groups in total. The van der Waals surface area contributed by atoms with Crippen LogP contribution in [0.5, 0.6) is 0 Å². The third kappa shape index (κ3) is 3.32. The van der Waals surface area contributed by atoms with E-state index >= 15 is 0 Å². The smallest absolute Gasteiger partial charge is 0.297 e. The number of carbonyl (C=O) groups is 1. The number of rotatable bonds is 6. The van der Waals surface area contributed by atoms with Crippen molar-refractivity contribution in [3.05, 3.63) is 40.9 Å². The van der Waals surface area contributed by atoms with E-state index in [2.05, 4.69) is 24.1 Å². The summed E-state index contributed by atoms with van der Waals surface area (Å²) in [6.45, 7) is 4.86. The SMILES string of the molecule is CC(C)CCCNC(=O)Cn1cnc2c(oc3ccccc32)c1=O. The first kappa shape index (κ1) is 16.2. The molecule has 1 aromatic carbocycles. The summed E-state index contributed by atoms with van der Waals surface area (Å²) < 4.78 is 6.88. The minimum absolute atomic E-state index is 0.0551. The molecule has 0 bridgehead atoms. The Hall–Kier alpha value is -2.63. The van der Waals surface area contributed by atoms with Gasteiger partial charge in [0.25, 0.3) is 5.56 Å². The number of para-hydroxylation sites is 1. The maximum absolute atomic E-state index is 12.5. The van der Waals surface area contributed by atoms with E-state index in [4.69, 9.17) is 4.42 Å². The Kier molecular flexibility index (Phi) is 4.64. The molecule has 0 aliphatic rings. The van der Waals surface area contributed by atoms with Gasteiger partial charge in [-0.2, -0.15) is 0 Å². The fraction of sp³-hybridized carbons (Fsp3) is 0.389. The van der Waals surface area contributed by atoms with Gasteiger partial charge < -0.3 is 9.73 Å². The van der Waals surface area contributed by atoms with E-state index in [1.807, 2.05) is 18.2 Å². The van der Waals surface area contributed by atoms with Crippen LogP contribution >= 0.6 is 0 Å². The molecule has 1 amide bonds. The second-order valence-corrected chi connectivity index (χ2v) is 6.34. The summed E-state index contributed by atoms with van der Waals surface area (Å²) in [5, 5.41) is 3.63. The van der Waals surface area contributed by atoms with Crippen molar-refractivity contribution in [2.45, 2.75) is 33.2 Å². The number of amides is 1. The van der Waals surface area contributed by atoms with E-state index in [1.165, 1.54) is 10.9 Å². The average Bonchev–Trinajstić information content (AvgIpc) is 2.94. The molecule has 0 saturated heterocycles. The largest absolute Gasteiger partial charge is 0.448 e. The summed E-state index contributed by atoms with van der Waals surface area (Å²) in [6.07, 6.45) is 3.40. The number of fused-ring (bicyclic) bond motifs is 3. The van der Waals surface area contributed by atoms with Gasteiger partial charge in [-0.1, -0.05) is 26.0 Å². The van der Waals surface area contributed by atoms with Crippen LogP contribution in [0.2, 0.25) is 0 Å². The van der Waals surface area contributed by atoms with E-state index in [0.29, 0.717) is 23.6 Å². The van der Waals surface area contributed by atoms with Gasteiger partial charge >= 0.3 is 0 Å². The normalized spacial score (nSPS) is 11.5. The molecule has 2 aromatic heterocycles. The number of furan rings is 1. The van der Waals surface area contributed by atoms with E-state index in [-0.39, 0.29) is 23.6 Å². The van der Waals surface area contributed by atoms with E-state index in [1.54, 1.807) is 6.07 Å². The predicted octanol–water partition coefficient (Wildman–Crippen LogP) is 2.70. The van der Waals surface area contributed by atoms with Crippen LogP contribution < -0.4 is 10.9 Å². The highest BCUT2D eigenvalue weighted by atomic mass is 16.3. The lowest BCUT2D eigenvalue weighted by Gasteiger charge is -2.08. The maximum Gasteiger partial charge on any atom is 0.297 e. The van der Waals surface area contributed by atoms with Gasteiger partial charge in [0.15, 0.2) is 0 Å². The van der Waals surface area contributed by atoms with Crippen LogP contribution in [-0.4, -0.2) is 22.0 Å². The molecule has 0 aliphatic carbocycles. The van der Waals surface area contributed by atoms with Crippen molar-refractivity contribution < 1.29 is 9.21 Å². The van der Waals surface area contributed by atoms with Gasteiger partial charge in [0.1, 0.15) is 17.6 Å². The van der Waals surface area contributed by atoms with Gasteiger partial charge in [-0.3, -0.25) is 14.2 Å². The molecule has 0 spiro atoms. The Balaban J connectivity index is 1.76. The molecule has 0 radical (unpaired) electrons. The van der Waals surface area contributed by atoms with Crippen LogP contribution in [-0.2, 0) is 11.3 Å². The van der Waals surface area contributed by atoms with Crippen LogP contribution in [0.4, 0.5) is 0 Å². The van der Waals surface area contributed by atoms with Crippen LogP contribution in [0.1, 0.15) is 26.7 Å². The fourth-order valence-electron chi connectivity index (χ4n) is 2.68. The number of nitrogens with one attached hydrogen (secondary N) is 1. The lowest BCUT2D eigenvalue weighted by molar-refractivity contribution is -0.121. The first-order valence-electron chi connectivity index (χ1n) is 8.19. The molecule has 0 aliphatic heterocycles. The quantitative estimate of drug-likeness (QED) is 0.706. The zero-order valence-corrected chi connectivity index (χ0v) is 13.9. The number of carbonyl (C=O) groups excluding carboxylic acids is 1. The van der Waals surface area contributed by atoms with Crippen LogP contribution in [0.25, 0.3) is 22.1 Å². The molecule has 6 heteroatoms. The molecule has 6 nitrogen and oxygen atoms in total. The summed E-state index contributed by atoms with van der Waals surface area (Å²) in [6, 6.07) is 7.37.